The van der Waals surface area contributed by atoms with E-state index in [9.17, 15) is 18.4 Å². The molecule has 0 radical (unpaired) electrons. The molecule has 0 aliphatic carbocycles. The molecule has 0 saturated heterocycles. The third-order valence-corrected chi connectivity index (χ3v) is 5.73. The third-order valence-electron chi connectivity index (χ3n) is 5.20. The summed E-state index contributed by atoms with van der Waals surface area (Å²) in [6, 6.07) is 19.9. The van der Waals surface area contributed by atoms with E-state index in [0.29, 0.717) is 11.1 Å². The SMILES string of the molecule is COc1cc(CN(C)C(=O)C(NC(=O)Cc2ccc(Br)cc2)c2ccccc2)ccc1OC(F)F. The zero-order valence-electron chi connectivity index (χ0n) is 19.2. The van der Waals surface area contributed by atoms with Crippen LogP contribution in [0.15, 0.2) is 77.3 Å². The molecule has 6 nitrogen and oxygen atoms in total. The number of likely N-dealkylation sites (N-methyl/N-ethyl adjacent to an activating group) is 1. The summed E-state index contributed by atoms with van der Waals surface area (Å²) in [7, 11) is 2.95. The summed E-state index contributed by atoms with van der Waals surface area (Å²) in [5.74, 6) is -0.584. The predicted molar refractivity (Wildman–Crippen MR) is 131 cm³/mol. The van der Waals surface area contributed by atoms with Crippen molar-refractivity contribution < 1.29 is 27.8 Å². The van der Waals surface area contributed by atoms with Crippen LogP contribution >= 0.6 is 15.9 Å². The van der Waals surface area contributed by atoms with Gasteiger partial charge in [0.05, 0.1) is 13.5 Å². The first kappa shape index (κ1) is 26.2. The molecule has 3 aromatic rings. The summed E-state index contributed by atoms with van der Waals surface area (Å²) in [6.07, 6.45) is 0.121. The van der Waals surface area contributed by atoms with Crippen molar-refractivity contribution in [3.63, 3.8) is 0 Å². The number of halogens is 3. The van der Waals surface area contributed by atoms with Crippen LogP contribution in [0.3, 0.4) is 0 Å². The van der Waals surface area contributed by atoms with Crippen LogP contribution in [0.25, 0.3) is 0 Å². The van der Waals surface area contributed by atoms with Crippen LogP contribution in [0.5, 0.6) is 11.5 Å². The van der Waals surface area contributed by atoms with Gasteiger partial charge < -0.3 is 19.7 Å². The van der Waals surface area contributed by atoms with Gasteiger partial charge in [0.15, 0.2) is 11.5 Å². The molecule has 0 aromatic heterocycles. The standard InChI is InChI=1S/C26H25BrF2N2O4/c1-31(16-18-10-13-21(35-26(28)29)22(14-18)34-2)25(33)24(19-6-4-3-5-7-19)30-23(32)15-17-8-11-20(27)12-9-17/h3-14,24,26H,15-16H2,1-2H3,(H,30,32). The molecule has 1 N–H and O–H groups in total. The van der Waals surface area contributed by atoms with E-state index in [4.69, 9.17) is 4.74 Å². The highest BCUT2D eigenvalue weighted by Gasteiger charge is 2.26. The van der Waals surface area contributed by atoms with E-state index >= 15 is 0 Å². The Morgan fingerprint density at radius 3 is 2.26 bits per heavy atom. The van der Waals surface area contributed by atoms with E-state index in [0.717, 1.165) is 10.0 Å². The number of nitrogens with one attached hydrogen (secondary N) is 1. The Morgan fingerprint density at radius 1 is 0.971 bits per heavy atom. The number of carbonyl (C=O) groups excluding carboxylic acids is 2. The van der Waals surface area contributed by atoms with Crippen molar-refractivity contribution in [2.45, 2.75) is 25.6 Å². The first-order chi connectivity index (χ1) is 16.8. The van der Waals surface area contributed by atoms with Gasteiger partial charge >= 0.3 is 6.61 Å². The highest BCUT2D eigenvalue weighted by molar-refractivity contribution is 9.10. The van der Waals surface area contributed by atoms with E-state index in [-0.39, 0.29) is 36.3 Å². The van der Waals surface area contributed by atoms with Gasteiger partial charge in [0.1, 0.15) is 6.04 Å². The normalized spacial score (nSPS) is 11.6. The van der Waals surface area contributed by atoms with Crippen LogP contribution in [0.1, 0.15) is 22.7 Å². The van der Waals surface area contributed by atoms with Crippen molar-refractivity contribution in [2.75, 3.05) is 14.2 Å². The number of hydrogen-bond acceptors (Lipinski definition) is 4. The van der Waals surface area contributed by atoms with Crippen LogP contribution < -0.4 is 14.8 Å². The minimum absolute atomic E-state index is 0.0948. The number of hydrogen-bond donors (Lipinski definition) is 1. The van der Waals surface area contributed by atoms with E-state index in [2.05, 4.69) is 26.0 Å². The minimum Gasteiger partial charge on any atom is -0.493 e. The molecule has 3 aromatic carbocycles. The summed E-state index contributed by atoms with van der Waals surface area (Å²) in [4.78, 5) is 27.6. The van der Waals surface area contributed by atoms with Gasteiger partial charge in [-0.1, -0.05) is 64.5 Å². The van der Waals surface area contributed by atoms with E-state index in [1.165, 1.54) is 24.1 Å². The predicted octanol–water partition coefficient (Wildman–Crippen LogP) is 5.12. The lowest BCUT2D eigenvalue weighted by atomic mass is 10.0. The topological polar surface area (TPSA) is 67.9 Å². The molecule has 0 heterocycles. The van der Waals surface area contributed by atoms with Gasteiger partial charge in [-0.25, -0.2) is 0 Å². The zero-order chi connectivity index (χ0) is 25.4. The Balaban J connectivity index is 1.75. The van der Waals surface area contributed by atoms with Crippen LogP contribution in [-0.2, 0) is 22.6 Å². The summed E-state index contributed by atoms with van der Waals surface area (Å²) in [6.45, 7) is -2.82. The van der Waals surface area contributed by atoms with Crippen LogP contribution in [0.2, 0.25) is 0 Å². The van der Waals surface area contributed by atoms with Gasteiger partial charge in [0.2, 0.25) is 11.8 Å². The summed E-state index contributed by atoms with van der Waals surface area (Å²) in [5, 5.41) is 2.85. The second kappa shape index (κ2) is 12.3. The fourth-order valence-electron chi connectivity index (χ4n) is 3.51. The van der Waals surface area contributed by atoms with Crippen LogP contribution in [0, 0.1) is 0 Å². The van der Waals surface area contributed by atoms with Crippen LogP contribution in [-0.4, -0.2) is 37.5 Å². The van der Waals surface area contributed by atoms with E-state index in [1.54, 1.807) is 37.4 Å². The molecule has 3 rings (SSSR count). The Hall–Kier alpha value is -3.46. The maximum absolute atomic E-state index is 13.4. The van der Waals surface area contributed by atoms with Crippen LogP contribution in [0.4, 0.5) is 8.78 Å². The van der Waals surface area contributed by atoms with Gasteiger partial charge in [-0.3, -0.25) is 9.59 Å². The molecule has 35 heavy (non-hydrogen) atoms. The van der Waals surface area contributed by atoms with Crippen molar-refractivity contribution in [2.24, 2.45) is 0 Å². The summed E-state index contributed by atoms with van der Waals surface area (Å²) in [5.41, 5.74) is 2.11. The fourth-order valence-corrected chi connectivity index (χ4v) is 3.77. The average Bonchev–Trinajstić information content (AvgIpc) is 2.84. The molecule has 0 aliphatic rings. The zero-order valence-corrected chi connectivity index (χ0v) is 20.8. The van der Waals surface area contributed by atoms with Gasteiger partial charge in [0, 0.05) is 18.1 Å². The molecule has 0 fully saturated rings. The highest BCUT2D eigenvalue weighted by Crippen LogP contribution is 2.30. The summed E-state index contributed by atoms with van der Waals surface area (Å²) >= 11 is 3.37. The molecule has 2 amide bonds. The molecule has 184 valence electrons. The molecular formula is C26H25BrF2N2O4. The second-order valence-electron chi connectivity index (χ2n) is 7.77. The van der Waals surface area contributed by atoms with Crippen molar-refractivity contribution in [1.82, 2.24) is 10.2 Å². The third kappa shape index (κ3) is 7.51. The van der Waals surface area contributed by atoms with E-state index < -0.39 is 12.7 Å². The Morgan fingerprint density at radius 2 is 1.63 bits per heavy atom. The molecule has 9 heteroatoms. The minimum atomic E-state index is -2.98. The van der Waals surface area contributed by atoms with Crippen molar-refractivity contribution in [3.05, 3.63) is 94.0 Å². The second-order valence-corrected chi connectivity index (χ2v) is 8.69. The van der Waals surface area contributed by atoms with E-state index in [1.807, 2.05) is 30.3 Å². The number of methoxy groups -OCH3 is 1. The van der Waals surface area contributed by atoms with Gasteiger partial charge in [-0.05, 0) is 41.0 Å². The summed E-state index contributed by atoms with van der Waals surface area (Å²) < 4.78 is 35.7. The number of rotatable bonds is 10. The number of alkyl halides is 2. The monoisotopic (exact) mass is 546 g/mol. The Bertz CT molecular complexity index is 1140. The molecule has 0 aliphatic heterocycles. The average molecular weight is 547 g/mol. The first-order valence-corrected chi connectivity index (χ1v) is 11.5. The number of amides is 2. The smallest absolute Gasteiger partial charge is 0.387 e. The maximum Gasteiger partial charge on any atom is 0.387 e. The van der Waals surface area contributed by atoms with Gasteiger partial charge in [-0.15, -0.1) is 0 Å². The van der Waals surface area contributed by atoms with Crippen molar-refractivity contribution >= 4 is 27.7 Å². The molecule has 0 saturated carbocycles. The van der Waals surface area contributed by atoms with Crippen molar-refractivity contribution in [3.8, 4) is 11.5 Å². The lowest BCUT2D eigenvalue weighted by molar-refractivity contribution is -0.135. The first-order valence-electron chi connectivity index (χ1n) is 10.7. The highest BCUT2D eigenvalue weighted by atomic mass is 79.9. The molecule has 1 unspecified atom stereocenters. The molecule has 0 spiro atoms. The maximum atomic E-state index is 13.4. The molecular weight excluding hydrogens is 522 g/mol. The van der Waals surface area contributed by atoms with Crippen molar-refractivity contribution in [1.29, 1.82) is 0 Å². The lowest BCUT2D eigenvalue weighted by Gasteiger charge is -2.25. The molecule has 1 atom stereocenters. The number of benzene rings is 3. The Labute approximate surface area is 211 Å². The quantitative estimate of drug-likeness (QED) is 0.383. The van der Waals surface area contributed by atoms with Gasteiger partial charge in [0.25, 0.3) is 0 Å². The number of ether oxygens (including phenoxy) is 2. The van der Waals surface area contributed by atoms with Gasteiger partial charge in [-0.2, -0.15) is 8.78 Å². The Kier molecular flexibility index (Phi) is 9.19. The lowest BCUT2D eigenvalue weighted by Crippen LogP contribution is -2.41. The number of carbonyl (C=O) groups is 2. The number of nitrogens with zero attached hydrogens (tertiary/aromatic N) is 1. The fraction of sp³-hybridized carbons (Fsp3) is 0.231. The molecule has 0 bridgehead atoms. The largest absolute Gasteiger partial charge is 0.493 e.